The number of isocyanates is 1. The second-order valence-corrected chi connectivity index (χ2v) is 34.1. The van der Waals surface area contributed by atoms with Crippen molar-refractivity contribution in [2.75, 3.05) is 26.3 Å². The number of ether oxygens (including phenoxy) is 2. The van der Waals surface area contributed by atoms with Gasteiger partial charge >= 0.3 is 12.0 Å². The zero-order chi connectivity index (χ0) is 76.3. The van der Waals surface area contributed by atoms with Crippen LogP contribution in [0.25, 0.3) is 26.9 Å². The Labute approximate surface area is 609 Å². The van der Waals surface area contributed by atoms with Gasteiger partial charge in [0.25, 0.3) is 0 Å². The number of rotatable bonds is 18. The van der Waals surface area contributed by atoms with Gasteiger partial charge in [-0.2, -0.15) is 4.99 Å². The van der Waals surface area contributed by atoms with Crippen molar-refractivity contribution in [3.63, 3.8) is 0 Å². The molecule has 1 aromatic carbocycles. The third kappa shape index (κ3) is 19.2. The zero-order valence-corrected chi connectivity index (χ0v) is 65.7. The van der Waals surface area contributed by atoms with Gasteiger partial charge in [-0.1, -0.05) is 209 Å². The molecule has 3 fully saturated rings. The summed E-state index contributed by atoms with van der Waals surface area (Å²) < 4.78 is 14.4. The van der Waals surface area contributed by atoms with Crippen LogP contribution in [0.2, 0.25) is 0 Å². The van der Waals surface area contributed by atoms with E-state index in [2.05, 4.69) is 186 Å². The molecule has 9 atom stereocenters. The number of nitrogens with zero attached hydrogens (tertiary/aromatic N) is 6. The van der Waals surface area contributed by atoms with Crippen molar-refractivity contribution in [2.45, 2.75) is 264 Å². The number of urea groups is 1. The molecule has 4 aliphatic carbocycles. The maximum atomic E-state index is 15.0. The Balaban J connectivity index is 0.000000301. The van der Waals surface area contributed by atoms with Crippen LogP contribution in [0.4, 0.5) is 4.79 Å². The number of fused-ring (bicyclic) bond motifs is 11. The molecule has 0 spiro atoms. The summed E-state index contributed by atoms with van der Waals surface area (Å²) in [4.78, 5) is 68.3. The van der Waals surface area contributed by atoms with Crippen LogP contribution in [0, 0.1) is 44.8 Å². The van der Waals surface area contributed by atoms with Crippen molar-refractivity contribution < 1.29 is 48.8 Å². The number of aromatic nitrogens is 1. The first kappa shape index (κ1) is 83.7. The maximum absolute atomic E-state index is 15.0. The number of aliphatic hydroxyl groups is 2. The highest BCUT2D eigenvalue weighted by Gasteiger charge is 2.68. The number of morpholine rings is 1. The molecule has 2 aromatic rings. The number of aliphatic hydroxyl groups excluding tert-OH is 2. The molecule has 4 heterocycles. The summed E-state index contributed by atoms with van der Waals surface area (Å²) >= 11 is 0. The first-order valence-corrected chi connectivity index (χ1v) is 37.4. The monoisotopic (exact) mass is 1400 g/mol. The molecule has 0 bridgehead atoms. The van der Waals surface area contributed by atoms with Gasteiger partial charge in [0.2, 0.25) is 12.0 Å². The number of aliphatic imine (C=N–C) groups is 1. The number of azide groups is 1. The number of carbonyl (C=O) groups is 4. The molecule has 102 heavy (non-hydrogen) atoms. The Morgan fingerprint density at radius 1 is 0.794 bits per heavy atom. The Bertz CT molecular complexity index is 3780. The Morgan fingerprint density at radius 3 is 1.90 bits per heavy atom. The second kappa shape index (κ2) is 34.1. The molecule has 0 radical (unpaired) electrons. The van der Waals surface area contributed by atoms with Gasteiger partial charge in [-0.15, -0.1) is 0 Å². The number of hydrogen-bond donors (Lipinski definition) is 4. The molecule has 1 aromatic heterocycles. The minimum atomic E-state index is -0.857. The predicted molar refractivity (Wildman–Crippen MR) is 412 cm³/mol. The van der Waals surface area contributed by atoms with Crippen LogP contribution in [0.5, 0.6) is 0 Å². The van der Waals surface area contributed by atoms with Crippen molar-refractivity contribution in [1.82, 2.24) is 14.8 Å². The Morgan fingerprint density at radius 2 is 1.36 bits per heavy atom. The molecule has 7 aliphatic rings. The van der Waals surface area contributed by atoms with Crippen molar-refractivity contribution in [3.05, 3.63) is 158 Å². The van der Waals surface area contributed by atoms with E-state index in [1.807, 2.05) is 68.2 Å². The summed E-state index contributed by atoms with van der Waals surface area (Å²) in [5.74, 6) is -0.972. The molecule has 558 valence electrons. The fraction of sp³-hybridized carbons (Fsp3) is 0.612. The largest absolute Gasteiger partial charge is 0.478 e. The number of ketones is 1. The molecule has 2 saturated carbocycles. The molecular formula is C85H123N7O10. The fourth-order valence-corrected chi connectivity index (χ4v) is 16.9. The number of Topliss-reactive ketones (excluding diaryl/α,β-unsaturated/α-hetero) is 1. The highest BCUT2D eigenvalue weighted by molar-refractivity contribution is 6.18. The van der Waals surface area contributed by atoms with E-state index in [-0.39, 0.29) is 50.7 Å². The van der Waals surface area contributed by atoms with Crippen LogP contribution < -0.4 is 5.32 Å². The van der Waals surface area contributed by atoms with Crippen LogP contribution in [0.15, 0.2) is 130 Å². The van der Waals surface area contributed by atoms with E-state index in [9.17, 15) is 29.4 Å². The van der Waals surface area contributed by atoms with Gasteiger partial charge in [0.15, 0.2) is 5.78 Å². The molecule has 9 rings (SSSR count). The van der Waals surface area contributed by atoms with E-state index in [1.165, 1.54) is 11.3 Å². The summed E-state index contributed by atoms with van der Waals surface area (Å²) in [6.07, 6.45) is 36.7. The van der Waals surface area contributed by atoms with Gasteiger partial charge in [-0.05, 0) is 178 Å². The summed E-state index contributed by atoms with van der Waals surface area (Å²) in [5.41, 5.74) is 17.1. The lowest BCUT2D eigenvalue weighted by Gasteiger charge is -2.64. The molecule has 2 unspecified atom stereocenters. The quantitative estimate of drug-likeness (QED) is 0.0161. The van der Waals surface area contributed by atoms with Crippen LogP contribution in [0.3, 0.4) is 0 Å². The summed E-state index contributed by atoms with van der Waals surface area (Å²) in [5, 5.41) is 40.5. The molecule has 17 heteroatoms. The highest BCUT2D eigenvalue weighted by atomic mass is 16.5. The number of allylic oxidation sites excluding steroid dienone is 14. The number of amides is 3. The van der Waals surface area contributed by atoms with E-state index in [0.29, 0.717) is 68.2 Å². The number of aliphatic carboxylic acids is 1. The third-order valence-corrected chi connectivity index (χ3v) is 21.5. The van der Waals surface area contributed by atoms with Crippen molar-refractivity contribution in [3.8, 4) is 0 Å². The van der Waals surface area contributed by atoms with E-state index in [1.54, 1.807) is 18.2 Å². The minimum Gasteiger partial charge on any atom is -0.478 e. The van der Waals surface area contributed by atoms with Crippen molar-refractivity contribution in [1.29, 1.82) is 0 Å². The number of carboxylic acids is 1. The summed E-state index contributed by atoms with van der Waals surface area (Å²) in [6.45, 7) is 51.1. The topological polar surface area (TPSA) is 246 Å². The number of carboxylic acid groups (broad SMARTS) is 1. The zero-order valence-electron chi connectivity index (χ0n) is 65.7. The number of nitrogens with one attached hydrogen (secondary N) is 1. The second-order valence-electron chi connectivity index (χ2n) is 34.1. The average molecular weight is 1400 g/mol. The lowest BCUT2D eigenvalue weighted by Crippen LogP contribution is -2.62. The molecule has 3 aliphatic heterocycles. The molecular weight excluding hydrogens is 1280 g/mol. The van der Waals surface area contributed by atoms with Gasteiger partial charge in [0.1, 0.15) is 6.04 Å². The van der Waals surface area contributed by atoms with E-state index in [4.69, 9.17) is 20.1 Å². The van der Waals surface area contributed by atoms with Gasteiger partial charge in [-0.25, -0.2) is 14.4 Å². The SMILES string of the molecule is C=C(C)[C@H]1C(=O)c2c3c(cc4c5c(n1c24)[C@@]1(C)C(CC[C@H]2[C@](C)(/C=C/C=C(\CCC)NC(=O)N4CCOCC4)[C@@H](O)CC[C@@]21C)C5)C1=CC(C)(C)OC(C)(C)C1[C@@H]3O.CCC/C(=C\C=C\C(C)(C)C)C(=O)N=[N+]=[N-].CCC/C(=C\C=C\C(C)(C)C)C(=O)O.CCC/C(=C\C=C\C(C)(C)C)N=C=O. The van der Waals surface area contributed by atoms with E-state index < -0.39 is 46.7 Å². The Hall–Kier alpha value is -7.23. The highest BCUT2D eigenvalue weighted by Crippen LogP contribution is 2.72. The van der Waals surface area contributed by atoms with Crippen LogP contribution in [-0.4, -0.2) is 98.2 Å². The van der Waals surface area contributed by atoms with E-state index in [0.717, 1.165) is 109 Å². The van der Waals surface area contributed by atoms with Crippen LogP contribution >= 0.6 is 0 Å². The minimum absolute atomic E-state index is 0.0372. The fourth-order valence-electron chi connectivity index (χ4n) is 16.9. The molecule has 1 saturated heterocycles. The summed E-state index contributed by atoms with van der Waals surface area (Å²) in [6, 6.07) is 1.70. The smallest absolute Gasteiger partial charge is 0.331 e. The standard InChI is InChI=1S/C49H65N3O6.C12H19N3O.C12H19NO.C12H20O2/c1-11-13-29(50-44(56)51-20-22-57-23-21-51)14-12-18-47(8)34-16-15-28-24-32-31-25-30-33-26-45(4,5)58-46(6,7)38(33)41(54)36(30)37-40(31)52(39(27(2)3)42(37)55)43(32)49(28,10)48(34,9)19-17-35(47)53;1-5-7-10(11(16)14-15-13)8-6-9-12(2,3)4;1-5-7-11(13-10-14)8-6-9-12(2,3)4;1-5-7-10(11(13)14)8-6-9-12(2,3)4/h12,14,18,25-26,28,34-35,38-39,41,53-54H,2,11,13,15-17,19-24H2,1,3-10H3,(H,50,56);6,8-9H,5,7H2,1-4H3;6,8-9H,5,7H2,1-4H3;6,8-9H,5,7H2,1-4H3,(H,13,14)/b18-12+,29-14+;9-6+,10-8+;9-6+,11-8+;9-6+,10-8+/t28?,34-,35-,38?,39-,41+,47-,48-,49+;;;/m0.../s1. The number of benzene rings is 1. The number of carbonyl (C=O) groups excluding carboxylic acids is 4. The van der Waals surface area contributed by atoms with Crippen molar-refractivity contribution in [2.24, 2.45) is 54.9 Å². The molecule has 3 amide bonds. The predicted octanol–water partition coefficient (Wildman–Crippen LogP) is 20.0. The lowest BCUT2D eigenvalue weighted by atomic mass is 9.40. The normalized spacial score (nSPS) is 26.7. The Kier molecular flexibility index (Phi) is 28.0. The summed E-state index contributed by atoms with van der Waals surface area (Å²) in [7, 11) is 0. The van der Waals surface area contributed by atoms with Gasteiger partial charge in [0, 0.05) is 68.2 Å². The first-order valence-electron chi connectivity index (χ1n) is 37.4. The lowest BCUT2D eigenvalue weighted by molar-refractivity contribution is -0.144. The third-order valence-electron chi connectivity index (χ3n) is 21.5. The maximum Gasteiger partial charge on any atom is 0.331 e. The van der Waals surface area contributed by atoms with E-state index >= 15 is 4.79 Å². The molecule has 4 N–H and O–H groups in total. The molecule has 17 nitrogen and oxygen atoms in total. The van der Waals surface area contributed by atoms with Gasteiger partial charge < -0.3 is 39.6 Å². The van der Waals surface area contributed by atoms with Gasteiger partial charge in [0.05, 0.1) is 53.4 Å². The average Bonchev–Trinajstić information content (AvgIpc) is 1.48. The number of hydrogen-bond acceptors (Lipinski definition) is 10. The van der Waals surface area contributed by atoms with Crippen LogP contribution in [0.1, 0.15) is 267 Å². The van der Waals surface area contributed by atoms with Crippen molar-refractivity contribution >= 4 is 46.2 Å². The first-order chi connectivity index (χ1) is 47.6. The van der Waals surface area contributed by atoms with Gasteiger partial charge in [-0.3, -0.25) is 9.59 Å². The van der Waals surface area contributed by atoms with Crippen LogP contribution in [-0.2, 0) is 35.7 Å².